The number of rotatable bonds is 7. The Kier molecular flexibility index (Phi) is 19.8. The Hall–Kier alpha value is -3.73. The SMILES string of the molecule is C=CC.CC(O)CC(O)CCc1ccccc1.C[n+]1ccccc1-c1[c-]cccc1.C[n+]1ccccc1-c1[c-]cccc1.[Ir]. The first-order valence-corrected chi connectivity index (χ1v) is 14.7. The number of benzene rings is 3. The molecule has 2 N–H and O–H groups in total. The van der Waals surface area contributed by atoms with Gasteiger partial charge in [0, 0.05) is 32.2 Å². The van der Waals surface area contributed by atoms with Crippen molar-refractivity contribution in [3.05, 3.63) is 158 Å². The van der Waals surface area contributed by atoms with Gasteiger partial charge in [-0.25, -0.2) is 9.13 Å². The van der Waals surface area contributed by atoms with Crippen molar-refractivity contribution in [1.82, 2.24) is 0 Å². The normalized spacial score (nSPS) is 11.0. The number of allylic oxidation sites excluding steroid dienone is 1. The van der Waals surface area contributed by atoms with Crippen LogP contribution in [-0.4, -0.2) is 22.4 Å². The summed E-state index contributed by atoms with van der Waals surface area (Å²) < 4.78 is 4.18. The molecule has 0 bridgehead atoms. The van der Waals surface area contributed by atoms with Gasteiger partial charge in [0.15, 0.2) is 12.4 Å². The van der Waals surface area contributed by atoms with E-state index in [9.17, 15) is 5.11 Å². The summed E-state index contributed by atoms with van der Waals surface area (Å²) in [6, 6.07) is 44.8. The predicted molar refractivity (Wildman–Crippen MR) is 177 cm³/mol. The van der Waals surface area contributed by atoms with E-state index in [1.807, 2.05) is 112 Å². The molecule has 0 saturated heterocycles. The first-order valence-electron chi connectivity index (χ1n) is 14.7. The summed E-state index contributed by atoms with van der Waals surface area (Å²) in [5.74, 6) is 0. The maximum atomic E-state index is 9.52. The molecule has 2 heterocycles. The molecular weight excluding hydrogens is 721 g/mol. The van der Waals surface area contributed by atoms with Gasteiger partial charge in [-0.1, -0.05) is 59.7 Å². The van der Waals surface area contributed by atoms with Crippen LogP contribution in [0.1, 0.15) is 32.3 Å². The van der Waals surface area contributed by atoms with Crippen molar-refractivity contribution >= 4 is 0 Å². The average Bonchev–Trinajstić information content (AvgIpc) is 3.03. The van der Waals surface area contributed by atoms with Gasteiger partial charge in [-0.05, 0) is 50.8 Å². The summed E-state index contributed by atoms with van der Waals surface area (Å²) in [5, 5.41) is 18.6. The molecule has 0 aliphatic rings. The Bertz CT molecular complexity index is 1350. The third-order valence-corrected chi connectivity index (χ3v) is 6.30. The van der Waals surface area contributed by atoms with Crippen LogP contribution in [0.25, 0.3) is 22.5 Å². The van der Waals surface area contributed by atoms with E-state index in [-0.39, 0.29) is 20.1 Å². The second-order valence-corrected chi connectivity index (χ2v) is 10.1. The van der Waals surface area contributed by atoms with Gasteiger partial charge in [0.25, 0.3) is 0 Å². The van der Waals surface area contributed by atoms with Crippen LogP contribution in [-0.2, 0) is 40.6 Å². The van der Waals surface area contributed by atoms with Gasteiger partial charge in [0.05, 0.1) is 12.2 Å². The van der Waals surface area contributed by atoms with Crippen molar-refractivity contribution in [3.8, 4) is 22.5 Å². The molecule has 2 atom stereocenters. The van der Waals surface area contributed by atoms with Crippen LogP contribution in [0.3, 0.4) is 0 Å². The first-order chi connectivity index (χ1) is 20.8. The van der Waals surface area contributed by atoms with Crippen LogP contribution in [0.4, 0.5) is 0 Å². The topological polar surface area (TPSA) is 48.2 Å². The van der Waals surface area contributed by atoms with E-state index in [1.54, 1.807) is 13.0 Å². The van der Waals surface area contributed by atoms with Crippen molar-refractivity contribution in [3.63, 3.8) is 0 Å². The van der Waals surface area contributed by atoms with Crippen LogP contribution in [0.5, 0.6) is 0 Å². The molecule has 44 heavy (non-hydrogen) atoms. The molecule has 233 valence electrons. The molecule has 0 saturated carbocycles. The van der Waals surface area contributed by atoms with E-state index in [4.69, 9.17) is 5.11 Å². The number of aliphatic hydroxyl groups excluding tert-OH is 2. The van der Waals surface area contributed by atoms with Gasteiger partial charge in [-0.15, -0.1) is 67.2 Å². The fraction of sp³-hybridized carbons (Fsp3) is 0.231. The molecule has 3 aromatic carbocycles. The minimum Gasteiger partial charge on any atom is -0.393 e. The molecule has 0 aliphatic carbocycles. The van der Waals surface area contributed by atoms with Crippen molar-refractivity contribution in [2.45, 2.75) is 45.3 Å². The number of aromatic nitrogens is 2. The van der Waals surface area contributed by atoms with Crippen molar-refractivity contribution in [1.29, 1.82) is 0 Å². The number of hydrogen-bond acceptors (Lipinski definition) is 2. The van der Waals surface area contributed by atoms with E-state index in [0.717, 1.165) is 24.0 Å². The van der Waals surface area contributed by atoms with Gasteiger partial charge >= 0.3 is 0 Å². The van der Waals surface area contributed by atoms with E-state index in [0.29, 0.717) is 6.42 Å². The number of aryl methyl sites for hydroxylation is 3. The zero-order valence-corrected chi connectivity index (χ0v) is 28.7. The van der Waals surface area contributed by atoms with Gasteiger partial charge in [0.1, 0.15) is 25.5 Å². The maximum Gasteiger partial charge on any atom is 0.160 e. The van der Waals surface area contributed by atoms with Gasteiger partial charge in [0.2, 0.25) is 0 Å². The number of nitrogens with zero attached hydrogens (tertiary/aromatic N) is 2. The Morgan fingerprint density at radius 2 is 1.14 bits per heavy atom. The minimum atomic E-state index is -0.416. The molecule has 5 heteroatoms. The van der Waals surface area contributed by atoms with E-state index >= 15 is 0 Å². The van der Waals surface area contributed by atoms with E-state index in [2.05, 4.69) is 64.2 Å². The molecule has 5 aromatic rings. The van der Waals surface area contributed by atoms with Crippen molar-refractivity contribution < 1.29 is 39.5 Å². The number of hydrogen-bond donors (Lipinski definition) is 2. The van der Waals surface area contributed by atoms with Crippen LogP contribution in [0, 0.1) is 12.1 Å². The monoisotopic (exact) mass is 767 g/mol. The predicted octanol–water partition coefficient (Wildman–Crippen LogP) is 6.90. The standard InChI is InChI=1S/2C12H11N.C12H18O2.C3H6.Ir/c2*1-13-10-6-5-9-12(13)11-7-3-2-4-8-11;1-10(13)9-12(14)8-7-11-5-3-2-4-6-11;1-3-2;/h2*2-7,9-10H,1H3;2-6,10,12-14H,7-9H2,1H3;3H,1H2,2H3;. The quantitative estimate of drug-likeness (QED) is 0.108. The summed E-state index contributed by atoms with van der Waals surface area (Å²) in [6.45, 7) is 6.95. The van der Waals surface area contributed by atoms with Crippen LogP contribution >= 0.6 is 0 Å². The second kappa shape index (κ2) is 22.8. The molecule has 2 aromatic heterocycles. The smallest absolute Gasteiger partial charge is 0.160 e. The maximum absolute atomic E-state index is 9.52. The molecule has 0 spiro atoms. The van der Waals surface area contributed by atoms with E-state index < -0.39 is 12.2 Å². The van der Waals surface area contributed by atoms with Gasteiger partial charge in [-0.3, -0.25) is 0 Å². The van der Waals surface area contributed by atoms with Crippen molar-refractivity contribution in [2.24, 2.45) is 14.1 Å². The molecule has 0 amide bonds. The summed E-state index contributed by atoms with van der Waals surface area (Å²) >= 11 is 0. The second-order valence-electron chi connectivity index (χ2n) is 10.1. The minimum absolute atomic E-state index is 0. The Morgan fingerprint density at radius 3 is 1.52 bits per heavy atom. The average molecular weight is 767 g/mol. The van der Waals surface area contributed by atoms with Gasteiger partial charge < -0.3 is 10.2 Å². The molecule has 2 unspecified atom stereocenters. The van der Waals surface area contributed by atoms with Gasteiger partial charge in [-0.2, -0.15) is 0 Å². The fourth-order valence-electron chi connectivity index (χ4n) is 4.20. The number of aliphatic hydroxyl groups is 2. The van der Waals surface area contributed by atoms with Crippen LogP contribution < -0.4 is 9.13 Å². The molecule has 4 nitrogen and oxygen atoms in total. The Morgan fingerprint density at radius 1 is 0.705 bits per heavy atom. The van der Waals surface area contributed by atoms with Crippen LogP contribution in [0.2, 0.25) is 0 Å². The number of pyridine rings is 2. The van der Waals surface area contributed by atoms with Crippen molar-refractivity contribution in [2.75, 3.05) is 0 Å². The third-order valence-electron chi connectivity index (χ3n) is 6.30. The third kappa shape index (κ3) is 15.1. The molecule has 5 rings (SSSR count). The largest absolute Gasteiger partial charge is 0.393 e. The fourth-order valence-corrected chi connectivity index (χ4v) is 4.20. The molecule has 1 radical (unpaired) electrons. The Balaban J connectivity index is 0.000000312. The van der Waals surface area contributed by atoms with E-state index in [1.165, 1.54) is 17.0 Å². The molecular formula is C39H46IrN2O2. The summed E-state index contributed by atoms with van der Waals surface area (Å²) in [6.07, 6.45) is 7.07. The van der Waals surface area contributed by atoms with Crippen LogP contribution in [0.15, 0.2) is 140 Å². The first kappa shape index (κ1) is 38.3. The Labute approximate surface area is 278 Å². The zero-order chi connectivity index (χ0) is 31.3. The molecule has 0 aliphatic heterocycles. The summed E-state index contributed by atoms with van der Waals surface area (Å²) in [5.41, 5.74) is 5.86. The molecule has 0 fully saturated rings. The summed E-state index contributed by atoms with van der Waals surface area (Å²) in [7, 11) is 4.08. The zero-order valence-electron chi connectivity index (χ0n) is 26.3. The summed E-state index contributed by atoms with van der Waals surface area (Å²) in [4.78, 5) is 0.